The summed E-state index contributed by atoms with van der Waals surface area (Å²) in [4.78, 5) is 8.27. The van der Waals surface area contributed by atoms with Crippen molar-refractivity contribution < 1.29 is 13.9 Å². The lowest BCUT2D eigenvalue weighted by Crippen LogP contribution is -2.02. The third-order valence-electron chi connectivity index (χ3n) is 4.32. The second kappa shape index (κ2) is 11.5. The highest BCUT2D eigenvalue weighted by molar-refractivity contribution is 5.68. The number of hydrogen-bond acceptors (Lipinski definition) is 4. The summed E-state index contributed by atoms with van der Waals surface area (Å²) >= 11 is 0. The first-order chi connectivity index (χ1) is 15.3. The Morgan fingerprint density at radius 2 is 1.32 bits per heavy atom. The summed E-state index contributed by atoms with van der Waals surface area (Å²) in [6.07, 6.45) is 1.46. The molecule has 4 aromatic rings. The molecule has 2 aromatic heterocycles. The Hall–Kier alpha value is -3.73. The van der Waals surface area contributed by atoms with E-state index in [1.54, 1.807) is 12.1 Å². The van der Waals surface area contributed by atoms with Crippen molar-refractivity contribution in [3.63, 3.8) is 0 Å². The van der Waals surface area contributed by atoms with E-state index in [1.165, 1.54) is 12.3 Å². The zero-order valence-corrected chi connectivity index (χ0v) is 17.7. The number of hydrogen-bond donors (Lipinski definition) is 0. The summed E-state index contributed by atoms with van der Waals surface area (Å²) in [6.45, 7) is 4.76. The Morgan fingerprint density at radius 3 is 1.90 bits per heavy atom. The Balaban J connectivity index is 0.00000132. The van der Waals surface area contributed by atoms with E-state index < -0.39 is 5.95 Å². The Bertz CT molecular complexity index is 1060. The third-order valence-corrected chi connectivity index (χ3v) is 4.32. The molecule has 31 heavy (non-hydrogen) atoms. The van der Waals surface area contributed by atoms with Gasteiger partial charge in [-0.15, -0.1) is 0 Å². The van der Waals surface area contributed by atoms with Crippen molar-refractivity contribution in [1.29, 1.82) is 0 Å². The van der Waals surface area contributed by atoms with Crippen LogP contribution in [0.3, 0.4) is 0 Å². The van der Waals surface area contributed by atoms with E-state index in [0.29, 0.717) is 25.0 Å². The Morgan fingerprint density at radius 1 is 0.710 bits per heavy atom. The third kappa shape index (κ3) is 6.37. The molecule has 4 rings (SSSR count). The number of rotatable bonds is 7. The number of benzene rings is 2. The van der Waals surface area contributed by atoms with Gasteiger partial charge in [0.05, 0.1) is 0 Å². The highest BCUT2D eigenvalue weighted by Crippen LogP contribution is 2.31. The maximum absolute atomic E-state index is 13.2. The minimum absolute atomic E-state index is 0.359. The van der Waals surface area contributed by atoms with Crippen molar-refractivity contribution in [2.24, 2.45) is 0 Å². The van der Waals surface area contributed by atoms with E-state index in [-0.39, 0.29) is 0 Å². The van der Waals surface area contributed by atoms with E-state index >= 15 is 0 Å². The van der Waals surface area contributed by atoms with Crippen LogP contribution in [0.15, 0.2) is 91.1 Å². The molecule has 0 aliphatic carbocycles. The van der Waals surface area contributed by atoms with Gasteiger partial charge in [0, 0.05) is 23.4 Å². The van der Waals surface area contributed by atoms with Gasteiger partial charge in [-0.3, -0.25) is 0 Å². The lowest BCUT2D eigenvalue weighted by molar-refractivity contribution is 0.268. The lowest BCUT2D eigenvalue weighted by Gasteiger charge is -2.13. The topological polar surface area (TPSA) is 44.2 Å². The predicted octanol–water partition coefficient (Wildman–Crippen LogP) is 6.47. The number of halogens is 1. The molecule has 0 saturated heterocycles. The van der Waals surface area contributed by atoms with Crippen LogP contribution in [-0.2, 0) is 13.2 Å². The molecular formula is C26H25FN2O2. The molecule has 2 heterocycles. The van der Waals surface area contributed by atoms with Gasteiger partial charge in [-0.1, -0.05) is 74.5 Å². The fraction of sp³-hybridized carbons (Fsp3) is 0.154. The number of pyridine rings is 2. The summed E-state index contributed by atoms with van der Waals surface area (Å²) in [5.41, 5.74) is 3.51. The highest BCUT2D eigenvalue weighted by Gasteiger charge is 2.12. The summed E-state index contributed by atoms with van der Waals surface area (Å²) in [6, 6.07) is 26.3. The molecule has 0 amide bonds. The van der Waals surface area contributed by atoms with Crippen LogP contribution in [0.1, 0.15) is 25.0 Å². The van der Waals surface area contributed by atoms with E-state index in [4.69, 9.17) is 9.47 Å². The molecule has 0 atom stereocenters. The van der Waals surface area contributed by atoms with Crippen LogP contribution >= 0.6 is 0 Å². The Labute approximate surface area is 182 Å². The van der Waals surface area contributed by atoms with Gasteiger partial charge in [0.2, 0.25) is 17.7 Å². The van der Waals surface area contributed by atoms with E-state index in [0.717, 1.165) is 22.3 Å². The molecule has 0 aliphatic rings. The summed E-state index contributed by atoms with van der Waals surface area (Å²) < 4.78 is 25.0. The van der Waals surface area contributed by atoms with Crippen LogP contribution in [0.4, 0.5) is 4.39 Å². The first-order valence-corrected chi connectivity index (χ1v) is 10.2. The number of nitrogens with zero attached hydrogens (tertiary/aromatic N) is 2. The van der Waals surface area contributed by atoms with Crippen molar-refractivity contribution in [3.8, 4) is 22.9 Å². The minimum atomic E-state index is -0.531. The van der Waals surface area contributed by atoms with Gasteiger partial charge in [0.25, 0.3) is 0 Å². The second-order valence-corrected chi connectivity index (χ2v) is 6.42. The first kappa shape index (κ1) is 22.0. The lowest BCUT2D eigenvalue weighted by atomic mass is 10.1. The zero-order valence-electron chi connectivity index (χ0n) is 17.7. The van der Waals surface area contributed by atoms with Crippen molar-refractivity contribution in [3.05, 3.63) is 108 Å². The molecule has 5 heteroatoms. The maximum atomic E-state index is 13.2. The van der Waals surface area contributed by atoms with Gasteiger partial charge < -0.3 is 9.47 Å². The summed E-state index contributed by atoms with van der Waals surface area (Å²) in [5.74, 6) is 0.333. The van der Waals surface area contributed by atoms with Gasteiger partial charge >= 0.3 is 0 Å². The van der Waals surface area contributed by atoms with Crippen LogP contribution in [-0.4, -0.2) is 9.97 Å². The van der Waals surface area contributed by atoms with Crippen molar-refractivity contribution in [2.75, 3.05) is 0 Å². The van der Waals surface area contributed by atoms with Gasteiger partial charge in [0.1, 0.15) is 13.2 Å². The molecule has 158 valence electrons. The smallest absolute Gasteiger partial charge is 0.225 e. The molecule has 0 N–H and O–H groups in total. The predicted molar refractivity (Wildman–Crippen MR) is 120 cm³/mol. The SMILES string of the molecule is CC.Fc1ccc(-c2ccc(OCc3ccccc3)nc2OCc2ccccc2)cn1. The van der Waals surface area contributed by atoms with Crippen molar-refractivity contribution >= 4 is 0 Å². The molecule has 0 aliphatic heterocycles. The van der Waals surface area contributed by atoms with Gasteiger partial charge in [-0.2, -0.15) is 9.37 Å². The maximum Gasteiger partial charge on any atom is 0.225 e. The molecule has 2 aromatic carbocycles. The van der Waals surface area contributed by atoms with Crippen LogP contribution in [0, 0.1) is 5.95 Å². The monoisotopic (exact) mass is 416 g/mol. The molecule has 0 spiro atoms. The number of ether oxygens (including phenoxy) is 2. The van der Waals surface area contributed by atoms with Crippen LogP contribution < -0.4 is 9.47 Å². The molecule has 0 unspecified atom stereocenters. The Kier molecular flexibility index (Phi) is 8.12. The molecule has 4 nitrogen and oxygen atoms in total. The van der Waals surface area contributed by atoms with Crippen LogP contribution in [0.2, 0.25) is 0 Å². The van der Waals surface area contributed by atoms with Crippen LogP contribution in [0.5, 0.6) is 11.8 Å². The molecule has 0 saturated carbocycles. The zero-order chi connectivity index (χ0) is 21.9. The molecule has 0 radical (unpaired) electrons. The standard InChI is InChI=1S/C24H19FN2O2.C2H6/c25-22-13-11-20(15-26-22)21-12-14-23(28-16-18-7-3-1-4-8-18)27-24(21)29-17-19-9-5-2-6-10-19;1-2/h1-15H,16-17H2;1-2H3. The molecular weight excluding hydrogens is 391 g/mol. The normalized spacial score (nSPS) is 10.0. The molecule has 0 fully saturated rings. The summed E-state index contributed by atoms with van der Waals surface area (Å²) in [7, 11) is 0. The fourth-order valence-electron chi connectivity index (χ4n) is 2.83. The van der Waals surface area contributed by atoms with Gasteiger partial charge in [-0.25, -0.2) is 4.98 Å². The fourth-order valence-corrected chi connectivity index (χ4v) is 2.83. The van der Waals surface area contributed by atoms with E-state index in [9.17, 15) is 4.39 Å². The number of aromatic nitrogens is 2. The minimum Gasteiger partial charge on any atom is -0.473 e. The average Bonchev–Trinajstić information content (AvgIpc) is 2.85. The van der Waals surface area contributed by atoms with E-state index in [1.807, 2.05) is 80.6 Å². The summed E-state index contributed by atoms with van der Waals surface area (Å²) in [5, 5.41) is 0. The molecule has 0 bridgehead atoms. The first-order valence-electron chi connectivity index (χ1n) is 10.2. The second-order valence-electron chi connectivity index (χ2n) is 6.42. The average molecular weight is 416 g/mol. The quantitative estimate of drug-likeness (QED) is 0.324. The highest BCUT2D eigenvalue weighted by atomic mass is 19.1. The van der Waals surface area contributed by atoms with Crippen molar-refractivity contribution in [2.45, 2.75) is 27.1 Å². The van der Waals surface area contributed by atoms with E-state index in [2.05, 4.69) is 9.97 Å². The largest absolute Gasteiger partial charge is 0.473 e. The van der Waals surface area contributed by atoms with Gasteiger partial charge in [-0.05, 0) is 29.3 Å². The van der Waals surface area contributed by atoms with Gasteiger partial charge in [0.15, 0.2) is 0 Å². The van der Waals surface area contributed by atoms with Crippen molar-refractivity contribution in [1.82, 2.24) is 9.97 Å². The van der Waals surface area contributed by atoms with Crippen LogP contribution in [0.25, 0.3) is 11.1 Å².